The standard InChI is InChI=1S/C32H38N2O5/c1-21(35)38-28(25-10-8-9-24(19-25)23-13-15-26(16-14-23)31(2,3)4)29(36)34-27-17-11-22(12-18-27)20-33-30(37)39-32(5,6)7/h8-19,28H,20H2,1-7H3,(H,33,37)(H,34,36). The number of hydrogen-bond donors (Lipinski definition) is 2. The molecule has 0 bridgehead atoms. The molecule has 0 saturated carbocycles. The fraction of sp³-hybridized carbons (Fsp3) is 0.344. The molecule has 2 N–H and O–H groups in total. The van der Waals surface area contributed by atoms with E-state index in [0.717, 1.165) is 16.7 Å². The third-order valence-electron chi connectivity index (χ3n) is 5.85. The van der Waals surface area contributed by atoms with Crippen LogP contribution in [-0.2, 0) is 31.0 Å². The van der Waals surface area contributed by atoms with Crippen LogP contribution in [0.4, 0.5) is 10.5 Å². The molecular formula is C32H38N2O5. The summed E-state index contributed by atoms with van der Waals surface area (Å²) in [5.74, 6) is -1.02. The first-order chi connectivity index (χ1) is 18.2. The van der Waals surface area contributed by atoms with Crippen molar-refractivity contribution in [2.24, 2.45) is 0 Å². The lowest BCUT2D eigenvalue weighted by molar-refractivity contribution is -0.152. The largest absolute Gasteiger partial charge is 0.447 e. The average molecular weight is 531 g/mol. The molecule has 206 valence electrons. The van der Waals surface area contributed by atoms with Gasteiger partial charge in [0.15, 0.2) is 0 Å². The van der Waals surface area contributed by atoms with Crippen LogP contribution in [0.5, 0.6) is 0 Å². The molecule has 0 fully saturated rings. The Kier molecular flexibility index (Phi) is 9.17. The molecule has 0 aliphatic carbocycles. The number of ether oxygens (including phenoxy) is 2. The summed E-state index contributed by atoms with van der Waals surface area (Å²) in [5, 5.41) is 5.52. The fourth-order valence-electron chi connectivity index (χ4n) is 3.89. The van der Waals surface area contributed by atoms with E-state index in [0.29, 0.717) is 11.3 Å². The molecule has 0 aromatic heterocycles. The van der Waals surface area contributed by atoms with E-state index in [4.69, 9.17) is 9.47 Å². The van der Waals surface area contributed by atoms with Gasteiger partial charge in [-0.15, -0.1) is 0 Å². The van der Waals surface area contributed by atoms with Gasteiger partial charge in [0.2, 0.25) is 6.10 Å². The number of alkyl carbamates (subject to hydrolysis) is 1. The zero-order valence-corrected chi connectivity index (χ0v) is 23.8. The Bertz CT molecular complexity index is 1300. The first-order valence-corrected chi connectivity index (χ1v) is 13.0. The lowest BCUT2D eigenvalue weighted by atomic mass is 9.86. The van der Waals surface area contributed by atoms with Crippen LogP contribution in [0.1, 0.15) is 71.3 Å². The Morgan fingerprint density at radius 1 is 0.821 bits per heavy atom. The molecule has 3 aromatic rings. The highest BCUT2D eigenvalue weighted by Gasteiger charge is 2.25. The van der Waals surface area contributed by atoms with Crippen molar-refractivity contribution in [1.82, 2.24) is 5.32 Å². The summed E-state index contributed by atoms with van der Waals surface area (Å²) in [5.41, 5.74) is 4.55. The quantitative estimate of drug-likeness (QED) is 0.324. The van der Waals surface area contributed by atoms with Crippen molar-refractivity contribution in [3.63, 3.8) is 0 Å². The van der Waals surface area contributed by atoms with E-state index in [1.165, 1.54) is 12.5 Å². The molecule has 0 aliphatic rings. The number of carbonyl (C=O) groups excluding carboxylic acids is 3. The van der Waals surface area contributed by atoms with Crippen LogP contribution in [0.25, 0.3) is 11.1 Å². The summed E-state index contributed by atoms with van der Waals surface area (Å²) in [6.45, 7) is 13.5. The number of amides is 2. The molecule has 3 aromatic carbocycles. The van der Waals surface area contributed by atoms with Gasteiger partial charge in [-0.25, -0.2) is 4.79 Å². The zero-order chi connectivity index (χ0) is 28.8. The molecule has 0 spiro atoms. The van der Waals surface area contributed by atoms with Gasteiger partial charge in [0.25, 0.3) is 5.91 Å². The minimum atomic E-state index is -1.12. The first-order valence-electron chi connectivity index (χ1n) is 13.0. The smallest absolute Gasteiger partial charge is 0.407 e. The van der Waals surface area contributed by atoms with Gasteiger partial charge in [-0.05, 0) is 66.6 Å². The molecule has 3 rings (SSSR count). The molecule has 7 nitrogen and oxygen atoms in total. The summed E-state index contributed by atoms with van der Waals surface area (Å²) in [4.78, 5) is 37.0. The predicted molar refractivity (Wildman–Crippen MR) is 153 cm³/mol. The lowest BCUT2D eigenvalue weighted by Crippen LogP contribution is -2.32. The number of carbonyl (C=O) groups is 3. The lowest BCUT2D eigenvalue weighted by Gasteiger charge is -2.20. The Hall–Kier alpha value is -4.13. The molecule has 0 aliphatic heterocycles. The van der Waals surface area contributed by atoms with Crippen molar-refractivity contribution in [2.45, 2.75) is 72.1 Å². The van der Waals surface area contributed by atoms with E-state index in [9.17, 15) is 14.4 Å². The molecule has 2 amide bonds. The van der Waals surface area contributed by atoms with Gasteiger partial charge in [-0.3, -0.25) is 9.59 Å². The highest BCUT2D eigenvalue weighted by Crippen LogP contribution is 2.29. The van der Waals surface area contributed by atoms with Crippen molar-refractivity contribution < 1.29 is 23.9 Å². The molecule has 0 saturated heterocycles. The Balaban J connectivity index is 1.72. The molecule has 7 heteroatoms. The summed E-state index contributed by atoms with van der Waals surface area (Å²) in [6.07, 6.45) is -1.62. The number of anilines is 1. The normalized spacial score (nSPS) is 12.3. The van der Waals surface area contributed by atoms with Crippen LogP contribution in [0.3, 0.4) is 0 Å². The second-order valence-electron chi connectivity index (χ2n) is 11.5. The maximum atomic E-state index is 13.2. The van der Waals surface area contributed by atoms with E-state index < -0.39 is 29.7 Å². The average Bonchev–Trinajstić information content (AvgIpc) is 2.85. The highest BCUT2D eigenvalue weighted by atomic mass is 16.6. The number of benzene rings is 3. The fourth-order valence-corrected chi connectivity index (χ4v) is 3.89. The number of esters is 1. The third-order valence-corrected chi connectivity index (χ3v) is 5.85. The molecule has 0 radical (unpaired) electrons. The van der Waals surface area contributed by atoms with Gasteiger partial charge in [-0.1, -0.05) is 75.4 Å². The zero-order valence-electron chi connectivity index (χ0n) is 23.8. The minimum Gasteiger partial charge on any atom is -0.447 e. The van der Waals surface area contributed by atoms with Gasteiger partial charge in [0.1, 0.15) is 5.60 Å². The second kappa shape index (κ2) is 12.2. The summed E-state index contributed by atoms with van der Waals surface area (Å²) >= 11 is 0. The van der Waals surface area contributed by atoms with Crippen LogP contribution in [0.2, 0.25) is 0 Å². The van der Waals surface area contributed by atoms with E-state index in [1.54, 1.807) is 51.1 Å². The highest BCUT2D eigenvalue weighted by molar-refractivity contribution is 5.96. The maximum absolute atomic E-state index is 13.2. The van der Waals surface area contributed by atoms with Crippen molar-refractivity contribution in [3.8, 4) is 11.1 Å². The summed E-state index contributed by atoms with van der Waals surface area (Å²) in [6, 6.07) is 22.8. The molecule has 1 unspecified atom stereocenters. The van der Waals surface area contributed by atoms with Crippen LogP contribution in [0, 0.1) is 0 Å². The van der Waals surface area contributed by atoms with E-state index >= 15 is 0 Å². The van der Waals surface area contributed by atoms with E-state index in [2.05, 4.69) is 55.7 Å². The number of nitrogens with one attached hydrogen (secondary N) is 2. The molecule has 39 heavy (non-hydrogen) atoms. The van der Waals surface area contributed by atoms with Crippen LogP contribution < -0.4 is 10.6 Å². The van der Waals surface area contributed by atoms with E-state index in [1.807, 2.05) is 18.2 Å². The first kappa shape index (κ1) is 29.4. The van der Waals surface area contributed by atoms with Gasteiger partial charge in [-0.2, -0.15) is 0 Å². The van der Waals surface area contributed by atoms with Crippen molar-refractivity contribution in [1.29, 1.82) is 0 Å². The monoisotopic (exact) mass is 530 g/mol. The predicted octanol–water partition coefficient (Wildman–Crippen LogP) is 6.92. The maximum Gasteiger partial charge on any atom is 0.407 e. The summed E-state index contributed by atoms with van der Waals surface area (Å²) < 4.78 is 10.7. The minimum absolute atomic E-state index is 0.0473. The topological polar surface area (TPSA) is 93.7 Å². The molecular weight excluding hydrogens is 492 g/mol. The van der Waals surface area contributed by atoms with Gasteiger partial charge < -0.3 is 20.1 Å². The number of rotatable bonds is 7. The Morgan fingerprint density at radius 3 is 2.03 bits per heavy atom. The SMILES string of the molecule is CC(=O)OC(C(=O)Nc1ccc(CNC(=O)OC(C)(C)C)cc1)c1cccc(-c2ccc(C(C)(C)C)cc2)c1. The van der Waals surface area contributed by atoms with Crippen LogP contribution >= 0.6 is 0 Å². The second-order valence-corrected chi connectivity index (χ2v) is 11.5. The van der Waals surface area contributed by atoms with Crippen molar-refractivity contribution in [3.05, 3.63) is 89.5 Å². The number of hydrogen-bond acceptors (Lipinski definition) is 5. The molecule has 0 heterocycles. The van der Waals surface area contributed by atoms with Crippen LogP contribution in [0.15, 0.2) is 72.8 Å². The van der Waals surface area contributed by atoms with Gasteiger partial charge in [0, 0.05) is 24.7 Å². The summed E-state index contributed by atoms with van der Waals surface area (Å²) in [7, 11) is 0. The molecule has 1 atom stereocenters. The van der Waals surface area contributed by atoms with Crippen molar-refractivity contribution >= 4 is 23.7 Å². The van der Waals surface area contributed by atoms with Gasteiger partial charge >= 0.3 is 12.1 Å². The van der Waals surface area contributed by atoms with Crippen LogP contribution in [-0.4, -0.2) is 23.6 Å². The Morgan fingerprint density at radius 2 is 1.46 bits per heavy atom. The third kappa shape index (κ3) is 8.99. The van der Waals surface area contributed by atoms with Gasteiger partial charge in [0.05, 0.1) is 0 Å². The van der Waals surface area contributed by atoms with E-state index in [-0.39, 0.29) is 12.0 Å². The Labute approximate surface area is 230 Å². The van der Waals surface area contributed by atoms with Crippen molar-refractivity contribution in [2.75, 3.05) is 5.32 Å².